The Bertz CT molecular complexity index is 847. The maximum Gasteiger partial charge on any atom is 0.340 e. The zero-order valence-electron chi connectivity index (χ0n) is 19.4. The number of unbranched alkanes of at least 4 members (excludes halogenated alkanes) is 11. The van der Waals surface area contributed by atoms with Crippen molar-refractivity contribution in [2.75, 3.05) is 0 Å². The predicted octanol–water partition coefficient (Wildman–Crippen LogP) is 7.61. The van der Waals surface area contributed by atoms with E-state index in [-0.39, 0.29) is 17.8 Å². The summed E-state index contributed by atoms with van der Waals surface area (Å²) in [6.45, 7) is 6.15. The van der Waals surface area contributed by atoms with Gasteiger partial charge in [0.15, 0.2) is 0 Å². The van der Waals surface area contributed by atoms with Gasteiger partial charge in [-0.2, -0.15) is 0 Å². The van der Waals surface area contributed by atoms with Crippen molar-refractivity contribution in [1.82, 2.24) is 0 Å². The molecular weight excluding hydrogens is 372 g/mol. The van der Waals surface area contributed by atoms with Gasteiger partial charge in [-0.1, -0.05) is 89.7 Å². The van der Waals surface area contributed by atoms with Gasteiger partial charge in [-0.25, -0.2) is 4.79 Å². The third-order valence-electron chi connectivity index (χ3n) is 6.13. The van der Waals surface area contributed by atoms with Crippen LogP contribution >= 0.6 is 0 Å². The Morgan fingerprint density at radius 1 is 0.833 bits per heavy atom. The molecule has 0 N–H and O–H groups in total. The van der Waals surface area contributed by atoms with E-state index < -0.39 is 0 Å². The lowest BCUT2D eigenvalue weighted by Crippen LogP contribution is -2.15. The highest BCUT2D eigenvalue weighted by atomic mass is 16.4. The first-order valence-corrected chi connectivity index (χ1v) is 12.1. The van der Waals surface area contributed by atoms with Gasteiger partial charge in [0.25, 0.3) is 0 Å². The number of hydrogen-bond acceptors (Lipinski definition) is 3. The molecule has 2 aromatic rings. The highest BCUT2D eigenvalue weighted by Gasteiger charge is 2.14. The van der Waals surface area contributed by atoms with E-state index in [1.165, 1.54) is 64.2 Å². The number of fused-ring (bicyclic) bond motifs is 1. The summed E-state index contributed by atoms with van der Waals surface area (Å²) in [6.07, 6.45) is 16.2. The van der Waals surface area contributed by atoms with E-state index >= 15 is 0 Å². The fourth-order valence-corrected chi connectivity index (χ4v) is 4.15. The van der Waals surface area contributed by atoms with Gasteiger partial charge >= 0.3 is 5.63 Å². The van der Waals surface area contributed by atoms with Crippen LogP contribution in [0.25, 0.3) is 11.0 Å². The lowest BCUT2D eigenvalue weighted by Gasteiger charge is -2.08. The molecule has 0 atom stereocenters. The van der Waals surface area contributed by atoms with E-state index in [2.05, 4.69) is 6.92 Å². The van der Waals surface area contributed by atoms with Gasteiger partial charge in [-0.05, 0) is 37.5 Å². The van der Waals surface area contributed by atoms with Crippen LogP contribution in [0, 0.1) is 13.8 Å². The third kappa shape index (κ3) is 8.08. The molecule has 1 aromatic heterocycles. The first-order chi connectivity index (χ1) is 14.5. The Balaban J connectivity index is 1.64. The van der Waals surface area contributed by atoms with Crippen LogP contribution in [-0.4, -0.2) is 5.78 Å². The number of carbonyl (C=O) groups is 1. The van der Waals surface area contributed by atoms with Crippen LogP contribution in [0.1, 0.15) is 107 Å². The van der Waals surface area contributed by atoms with Gasteiger partial charge in [-0.3, -0.25) is 4.79 Å². The van der Waals surface area contributed by atoms with Crippen LogP contribution in [0.15, 0.2) is 27.4 Å². The highest BCUT2D eigenvalue weighted by Crippen LogP contribution is 2.21. The predicted molar refractivity (Wildman–Crippen MR) is 126 cm³/mol. The van der Waals surface area contributed by atoms with Crippen LogP contribution < -0.4 is 5.63 Å². The second-order valence-corrected chi connectivity index (χ2v) is 8.85. The minimum absolute atomic E-state index is 0.143. The molecule has 0 saturated heterocycles. The molecule has 0 aliphatic carbocycles. The molecule has 0 aliphatic heterocycles. The normalized spacial score (nSPS) is 11.3. The first kappa shape index (κ1) is 24.4. The molecule has 0 unspecified atom stereocenters. The van der Waals surface area contributed by atoms with Crippen molar-refractivity contribution in [3.8, 4) is 0 Å². The van der Waals surface area contributed by atoms with E-state index in [0.29, 0.717) is 17.6 Å². The summed E-state index contributed by atoms with van der Waals surface area (Å²) in [5.41, 5.74) is 2.70. The molecular formula is C27H40O3. The zero-order chi connectivity index (χ0) is 21.8. The third-order valence-corrected chi connectivity index (χ3v) is 6.13. The zero-order valence-corrected chi connectivity index (χ0v) is 19.4. The SMILES string of the molecule is CCCCCCCCCCCCCCC(=O)Cc1c(C)c2ccc(C)cc2oc1=O. The topological polar surface area (TPSA) is 47.3 Å². The Morgan fingerprint density at radius 2 is 1.40 bits per heavy atom. The largest absolute Gasteiger partial charge is 0.422 e. The van der Waals surface area contributed by atoms with Crippen LogP contribution in [-0.2, 0) is 11.2 Å². The fourth-order valence-electron chi connectivity index (χ4n) is 4.15. The van der Waals surface area contributed by atoms with Gasteiger partial charge in [0.1, 0.15) is 11.4 Å². The van der Waals surface area contributed by atoms with Crippen molar-refractivity contribution in [1.29, 1.82) is 0 Å². The second kappa shape index (κ2) is 13.4. The Labute approximate surface area is 182 Å². The van der Waals surface area contributed by atoms with Crippen molar-refractivity contribution in [2.24, 2.45) is 0 Å². The van der Waals surface area contributed by atoms with E-state index in [4.69, 9.17) is 4.42 Å². The standard InChI is InChI=1S/C27H40O3/c1-4-5-6-7-8-9-10-11-12-13-14-15-16-23(28)20-25-22(3)24-18-17-21(2)19-26(24)30-27(25)29/h17-19H,4-16,20H2,1-3H3. The minimum Gasteiger partial charge on any atom is -0.422 e. The molecule has 1 heterocycles. The molecule has 0 fully saturated rings. The summed E-state index contributed by atoms with van der Waals surface area (Å²) < 4.78 is 5.46. The molecule has 3 nitrogen and oxygen atoms in total. The van der Waals surface area contributed by atoms with Crippen LogP contribution in [0.2, 0.25) is 0 Å². The molecule has 3 heteroatoms. The Kier molecular flexibility index (Phi) is 10.9. The van der Waals surface area contributed by atoms with Gasteiger partial charge in [0.2, 0.25) is 0 Å². The molecule has 0 amide bonds. The molecule has 0 radical (unpaired) electrons. The molecule has 0 spiro atoms. The molecule has 166 valence electrons. The van der Waals surface area contributed by atoms with Crippen LogP contribution in [0.3, 0.4) is 0 Å². The summed E-state index contributed by atoms with van der Waals surface area (Å²) in [5.74, 6) is 0.143. The second-order valence-electron chi connectivity index (χ2n) is 8.85. The lowest BCUT2D eigenvalue weighted by atomic mass is 9.98. The first-order valence-electron chi connectivity index (χ1n) is 12.1. The highest BCUT2D eigenvalue weighted by molar-refractivity contribution is 5.85. The molecule has 2 rings (SSSR count). The number of Topliss-reactive ketones (excluding diaryl/α,β-unsaturated/α-hetero) is 1. The number of benzene rings is 1. The van der Waals surface area contributed by atoms with E-state index in [1.54, 1.807) is 0 Å². The van der Waals surface area contributed by atoms with E-state index in [1.807, 2.05) is 32.0 Å². The summed E-state index contributed by atoms with van der Waals surface area (Å²) in [6, 6.07) is 5.86. The summed E-state index contributed by atoms with van der Waals surface area (Å²) >= 11 is 0. The fraction of sp³-hybridized carbons (Fsp3) is 0.630. The quantitative estimate of drug-likeness (QED) is 0.223. The van der Waals surface area contributed by atoms with Crippen molar-refractivity contribution in [3.63, 3.8) is 0 Å². The summed E-state index contributed by atoms with van der Waals surface area (Å²) in [4.78, 5) is 24.8. The minimum atomic E-state index is -0.367. The van der Waals surface area contributed by atoms with E-state index in [9.17, 15) is 9.59 Å². The van der Waals surface area contributed by atoms with Gasteiger partial charge in [0, 0.05) is 23.8 Å². The number of ketones is 1. The van der Waals surface area contributed by atoms with Gasteiger partial charge < -0.3 is 4.42 Å². The molecule has 0 saturated carbocycles. The van der Waals surface area contributed by atoms with Crippen LogP contribution in [0.4, 0.5) is 0 Å². The summed E-state index contributed by atoms with van der Waals surface area (Å²) in [5, 5.41) is 0.924. The molecule has 0 bridgehead atoms. The summed E-state index contributed by atoms with van der Waals surface area (Å²) in [7, 11) is 0. The number of carbonyl (C=O) groups excluding carboxylic acids is 1. The maximum absolute atomic E-state index is 12.4. The van der Waals surface area contributed by atoms with Crippen molar-refractivity contribution in [2.45, 2.75) is 111 Å². The smallest absolute Gasteiger partial charge is 0.340 e. The molecule has 1 aromatic carbocycles. The Hall–Kier alpha value is -1.90. The molecule has 30 heavy (non-hydrogen) atoms. The van der Waals surface area contributed by atoms with Crippen molar-refractivity contribution >= 4 is 16.8 Å². The van der Waals surface area contributed by atoms with Crippen molar-refractivity contribution in [3.05, 3.63) is 45.3 Å². The average Bonchev–Trinajstić information content (AvgIpc) is 2.71. The van der Waals surface area contributed by atoms with Crippen LogP contribution in [0.5, 0.6) is 0 Å². The van der Waals surface area contributed by atoms with E-state index in [0.717, 1.165) is 29.4 Å². The number of aryl methyl sites for hydroxylation is 2. The number of hydrogen-bond donors (Lipinski definition) is 0. The van der Waals surface area contributed by atoms with Gasteiger partial charge in [0.05, 0.1) is 0 Å². The number of rotatable bonds is 15. The van der Waals surface area contributed by atoms with Gasteiger partial charge in [-0.15, -0.1) is 0 Å². The molecule has 0 aliphatic rings. The van der Waals surface area contributed by atoms with Crippen molar-refractivity contribution < 1.29 is 9.21 Å². The maximum atomic E-state index is 12.4. The Morgan fingerprint density at radius 3 is 2.00 bits per heavy atom. The monoisotopic (exact) mass is 412 g/mol. The lowest BCUT2D eigenvalue weighted by molar-refractivity contribution is -0.118. The average molecular weight is 413 g/mol.